The highest BCUT2D eigenvalue weighted by Crippen LogP contribution is 2.46. The average molecular weight is 384 g/mol. The normalized spacial score (nSPS) is 15.4. The van der Waals surface area contributed by atoms with Crippen LogP contribution in [0.5, 0.6) is 5.75 Å². The van der Waals surface area contributed by atoms with Gasteiger partial charge in [0.1, 0.15) is 12.4 Å². The number of ether oxygens (including phenoxy) is 1. The Morgan fingerprint density at radius 2 is 1.85 bits per heavy atom. The number of rotatable bonds is 5. The highest BCUT2D eigenvalue weighted by atomic mass is 35.5. The molecule has 0 unspecified atom stereocenters. The number of benzene rings is 2. The molecule has 138 valence electrons. The van der Waals surface area contributed by atoms with E-state index in [0.717, 1.165) is 18.9 Å². The zero-order valence-electron chi connectivity index (χ0n) is 14.0. The Morgan fingerprint density at radius 3 is 2.42 bits per heavy atom. The molecule has 26 heavy (non-hydrogen) atoms. The molecule has 0 atom stereocenters. The van der Waals surface area contributed by atoms with Crippen molar-refractivity contribution in [2.24, 2.45) is 5.41 Å². The predicted molar refractivity (Wildman–Crippen MR) is 93.2 cm³/mol. The van der Waals surface area contributed by atoms with Crippen LogP contribution < -0.4 is 10.1 Å². The summed E-state index contributed by atoms with van der Waals surface area (Å²) >= 11 is 5.79. The molecule has 0 heterocycles. The van der Waals surface area contributed by atoms with Gasteiger partial charge in [-0.15, -0.1) is 0 Å². The molecular weight excluding hydrogens is 367 g/mol. The SMILES string of the molecule is CC1(C(=O)Nc2ccc(OCc3ccc(Cl)cc3)c(C(F)(F)F)c2)CC1. The lowest BCUT2D eigenvalue weighted by atomic mass is 10.1. The van der Waals surface area contributed by atoms with Gasteiger partial charge in [-0.3, -0.25) is 4.79 Å². The van der Waals surface area contributed by atoms with Crippen LogP contribution in [0.25, 0.3) is 0 Å². The standard InChI is InChI=1S/C19H17ClF3NO2/c1-18(8-9-18)17(25)24-14-6-7-16(15(10-14)19(21,22)23)26-11-12-2-4-13(20)5-3-12/h2-7,10H,8-9,11H2,1H3,(H,24,25). The molecule has 1 aliphatic carbocycles. The van der Waals surface area contributed by atoms with Crippen LogP contribution in [0.3, 0.4) is 0 Å². The highest BCUT2D eigenvalue weighted by molar-refractivity contribution is 6.30. The van der Waals surface area contributed by atoms with Gasteiger partial charge in [0.05, 0.1) is 5.56 Å². The maximum atomic E-state index is 13.4. The maximum Gasteiger partial charge on any atom is 0.420 e. The number of carbonyl (C=O) groups excluding carboxylic acids is 1. The summed E-state index contributed by atoms with van der Waals surface area (Å²) in [7, 11) is 0. The van der Waals surface area contributed by atoms with Gasteiger partial charge in [0.2, 0.25) is 5.91 Å². The second kappa shape index (κ2) is 6.83. The summed E-state index contributed by atoms with van der Waals surface area (Å²) in [5, 5.41) is 3.09. The molecule has 3 rings (SSSR count). The minimum atomic E-state index is -4.60. The lowest BCUT2D eigenvalue weighted by Gasteiger charge is -2.17. The first-order valence-corrected chi connectivity index (χ1v) is 8.45. The van der Waals surface area contributed by atoms with Crippen molar-refractivity contribution < 1.29 is 22.7 Å². The Morgan fingerprint density at radius 1 is 1.19 bits per heavy atom. The van der Waals surface area contributed by atoms with E-state index in [4.69, 9.17) is 16.3 Å². The summed E-state index contributed by atoms with van der Waals surface area (Å²) in [4.78, 5) is 12.0. The second-order valence-electron chi connectivity index (χ2n) is 6.64. The summed E-state index contributed by atoms with van der Waals surface area (Å²) < 4.78 is 45.5. The fourth-order valence-electron chi connectivity index (χ4n) is 2.39. The largest absolute Gasteiger partial charge is 0.488 e. The van der Waals surface area contributed by atoms with Crippen LogP contribution in [0.15, 0.2) is 42.5 Å². The molecule has 1 saturated carbocycles. The molecule has 1 fully saturated rings. The quantitative estimate of drug-likeness (QED) is 0.721. The third-order valence-corrected chi connectivity index (χ3v) is 4.65. The number of alkyl halides is 3. The van der Waals surface area contributed by atoms with Crippen LogP contribution in [-0.2, 0) is 17.6 Å². The van der Waals surface area contributed by atoms with E-state index in [1.807, 2.05) is 0 Å². The number of hydrogen-bond donors (Lipinski definition) is 1. The van der Waals surface area contributed by atoms with E-state index in [9.17, 15) is 18.0 Å². The molecule has 7 heteroatoms. The van der Waals surface area contributed by atoms with Gasteiger partial charge >= 0.3 is 6.18 Å². The van der Waals surface area contributed by atoms with Crippen LogP contribution in [0.2, 0.25) is 5.02 Å². The van der Waals surface area contributed by atoms with Gasteiger partial charge in [-0.05, 0) is 48.7 Å². The first-order valence-electron chi connectivity index (χ1n) is 8.07. The molecule has 0 radical (unpaired) electrons. The van der Waals surface area contributed by atoms with Gasteiger partial charge in [-0.2, -0.15) is 13.2 Å². The van der Waals surface area contributed by atoms with Crippen molar-refractivity contribution in [2.45, 2.75) is 32.5 Å². The Bertz CT molecular complexity index is 815. The van der Waals surface area contributed by atoms with Gasteiger partial charge in [0.25, 0.3) is 0 Å². The van der Waals surface area contributed by atoms with E-state index >= 15 is 0 Å². The minimum Gasteiger partial charge on any atom is -0.488 e. The van der Waals surface area contributed by atoms with Gasteiger partial charge in [0, 0.05) is 16.1 Å². The lowest BCUT2D eigenvalue weighted by molar-refractivity contribution is -0.139. The monoisotopic (exact) mass is 383 g/mol. The molecule has 3 nitrogen and oxygen atoms in total. The number of anilines is 1. The van der Waals surface area contributed by atoms with Crippen molar-refractivity contribution in [3.05, 3.63) is 58.6 Å². The molecule has 0 aromatic heterocycles. The fourth-order valence-corrected chi connectivity index (χ4v) is 2.52. The second-order valence-corrected chi connectivity index (χ2v) is 7.08. The predicted octanol–water partition coefficient (Wildman–Crippen LogP) is 5.68. The van der Waals surface area contributed by atoms with E-state index in [0.29, 0.717) is 10.6 Å². The molecule has 0 saturated heterocycles. The number of amides is 1. The van der Waals surface area contributed by atoms with Crippen LogP contribution in [0, 0.1) is 5.41 Å². The van der Waals surface area contributed by atoms with Crippen molar-refractivity contribution in [3.8, 4) is 5.75 Å². The van der Waals surface area contributed by atoms with Crippen molar-refractivity contribution in [1.82, 2.24) is 0 Å². The first kappa shape index (κ1) is 18.6. The van der Waals surface area contributed by atoms with Crippen LogP contribution >= 0.6 is 11.6 Å². The molecule has 2 aromatic carbocycles. The Kier molecular flexibility index (Phi) is 4.88. The minimum absolute atomic E-state index is 0.0238. The summed E-state index contributed by atoms with van der Waals surface area (Å²) in [6, 6.07) is 10.2. The molecule has 0 aliphatic heterocycles. The summed E-state index contributed by atoms with van der Waals surface area (Å²) in [6.45, 7) is 1.76. The zero-order valence-corrected chi connectivity index (χ0v) is 14.7. The third-order valence-electron chi connectivity index (χ3n) is 4.40. The molecule has 0 bridgehead atoms. The Labute approximate surface area is 154 Å². The number of hydrogen-bond acceptors (Lipinski definition) is 2. The summed E-state index contributed by atoms with van der Waals surface area (Å²) in [5.41, 5.74) is -0.594. The number of halogens is 4. The number of carbonyl (C=O) groups is 1. The Hall–Kier alpha value is -2.21. The van der Waals surface area contributed by atoms with Gasteiger partial charge in [-0.25, -0.2) is 0 Å². The lowest BCUT2D eigenvalue weighted by Crippen LogP contribution is -2.21. The van der Waals surface area contributed by atoms with E-state index in [2.05, 4.69) is 5.32 Å². The highest BCUT2D eigenvalue weighted by Gasteiger charge is 2.45. The molecule has 1 N–H and O–H groups in total. The molecular formula is C19H17ClF3NO2. The maximum absolute atomic E-state index is 13.4. The summed E-state index contributed by atoms with van der Waals surface area (Å²) in [5.74, 6) is -0.552. The topological polar surface area (TPSA) is 38.3 Å². The van der Waals surface area contributed by atoms with Gasteiger partial charge in [0.15, 0.2) is 0 Å². The van der Waals surface area contributed by atoms with E-state index in [1.54, 1.807) is 31.2 Å². The van der Waals surface area contributed by atoms with Crippen molar-refractivity contribution in [1.29, 1.82) is 0 Å². The molecule has 0 spiro atoms. The molecule has 2 aromatic rings. The van der Waals surface area contributed by atoms with Crippen LogP contribution in [0.4, 0.5) is 18.9 Å². The van der Waals surface area contributed by atoms with Crippen molar-refractivity contribution >= 4 is 23.2 Å². The smallest absolute Gasteiger partial charge is 0.420 e. The van der Waals surface area contributed by atoms with E-state index in [-0.39, 0.29) is 24.0 Å². The summed E-state index contributed by atoms with van der Waals surface area (Å²) in [6.07, 6.45) is -3.11. The Balaban J connectivity index is 1.78. The number of nitrogens with one attached hydrogen (secondary N) is 1. The molecule has 1 aliphatic rings. The third kappa shape index (κ3) is 4.30. The first-order chi connectivity index (χ1) is 12.2. The van der Waals surface area contributed by atoms with Gasteiger partial charge in [-0.1, -0.05) is 30.7 Å². The fraction of sp³-hybridized carbons (Fsp3) is 0.316. The average Bonchev–Trinajstić information content (AvgIpc) is 3.33. The van der Waals surface area contributed by atoms with Crippen LogP contribution in [0.1, 0.15) is 30.9 Å². The van der Waals surface area contributed by atoms with Crippen LogP contribution in [-0.4, -0.2) is 5.91 Å². The molecule has 1 amide bonds. The van der Waals surface area contributed by atoms with Crippen molar-refractivity contribution in [3.63, 3.8) is 0 Å². The van der Waals surface area contributed by atoms with E-state index < -0.39 is 17.2 Å². The zero-order chi connectivity index (χ0) is 18.9. The van der Waals surface area contributed by atoms with E-state index in [1.165, 1.54) is 12.1 Å². The van der Waals surface area contributed by atoms with Crippen molar-refractivity contribution in [2.75, 3.05) is 5.32 Å². The van der Waals surface area contributed by atoms with Gasteiger partial charge < -0.3 is 10.1 Å².